The van der Waals surface area contributed by atoms with Crippen LogP contribution in [-0.4, -0.2) is 40.8 Å². The number of halogens is 1. The Kier molecular flexibility index (Phi) is 4.81. The number of benzene rings is 1. The summed E-state index contributed by atoms with van der Waals surface area (Å²) in [6.07, 6.45) is 2.10. The molecule has 0 spiro atoms. The maximum absolute atomic E-state index is 12.8. The van der Waals surface area contributed by atoms with Crippen molar-refractivity contribution >= 4 is 29.1 Å². The lowest BCUT2D eigenvalue weighted by atomic mass is 10.2. The van der Waals surface area contributed by atoms with Crippen molar-refractivity contribution in [3.05, 3.63) is 59.4 Å². The van der Waals surface area contributed by atoms with Crippen LogP contribution in [0.3, 0.4) is 0 Å². The summed E-state index contributed by atoms with van der Waals surface area (Å²) < 4.78 is 0. The molecule has 0 radical (unpaired) electrons. The van der Waals surface area contributed by atoms with Gasteiger partial charge in [-0.15, -0.1) is 0 Å². The van der Waals surface area contributed by atoms with Gasteiger partial charge in [-0.2, -0.15) is 0 Å². The number of rotatable bonds is 4. The Morgan fingerprint density at radius 3 is 2.75 bits per heavy atom. The fourth-order valence-electron chi connectivity index (χ4n) is 2.99. The maximum Gasteiger partial charge on any atom is 0.273 e. The van der Waals surface area contributed by atoms with Gasteiger partial charge in [0.2, 0.25) is 5.91 Å². The van der Waals surface area contributed by atoms with Crippen molar-refractivity contribution in [3.8, 4) is 0 Å². The largest absolute Gasteiger partial charge is 0.325 e. The monoisotopic (exact) mass is 343 g/mol. The lowest BCUT2D eigenvalue weighted by Crippen LogP contribution is -2.45. The molecule has 0 aliphatic carbocycles. The van der Waals surface area contributed by atoms with Gasteiger partial charge in [0.25, 0.3) is 5.91 Å². The smallest absolute Gasteiger partial charge is 0.273 e. The van der Waals surface area contributed by atoms with Crippen LogP contribution in [0.4, 0.5) is 5.69 Å². The number of anilines is 1. The first kappa shape index (κ1) is 16.5. The summed E-state index contributed by atoms with van der Waals surface area (Å²) in [5.74, 6) is -0.327. The molecule has 1 saturated heterocycles. The van der Waals surface area contributed by atoms with Crippen LogP contribution < -0.4 is 4.90 Å². The third kappa shape index (κ3) is 3.12. The summed E-state index contributed by atoms with van der Waals surface area (Å²) in [6, 6.07) is 12.2. The first-order valence-corrected chi connectivity index (χ1v) is 8.28. The van der Waals surface area contributed by atoms with Gasteiger partial charge >= 0.3 is 0 Å². The Morgan fingerprint density at radius 1 is 1.33 bits per heavy atom. The Bertz CT molecular complexity index is 751. The molecular weight excluding hydrogens is 326 g/mol. The van der Waals surface area contributed by atoms with E-state index in [9.17, 15) is 9.59 Å². The number of nitrogens with zero attached hydrogens (tertiary/aromatic N) is 3. The molecule has 0 bridgehead atoms. The molecule has 3 rings (SSSR count). The minimum Gasteiger partial charge on any atom is -0.325 e. The number of carbonyl (C=O) groups excluding carboxylic acids is 2. The molecule has 1 fully saturated rings. The number of hydrogen-bond acceptors (Lipinski definition) is 3. The van der Waals surface area contributed by atoms with Gasteiger partial charge in [0, 0.05) is 30.0 Å². The van der Waals surface area contributed by atoms with Gasteiger partial charge in [-0.3, -0.25) is 14.6 Å². The molecule has 1 aromatic heterocycles. The summed E-state index contributed by atoms with van der Waals surface area (Å²) in [5, 5.41) is 0.452. The van der Waals surface area contributed by atoms with Crippen LogP contribution in [0.1, 0.15) is 23.8 Å². The van der Waals surface area contributed by atoms with E-state index < -0.39 is 6.04 Å². The minimum atomic E-state index is -0.469. The first-order valence-electron chi connectivity index (χ1n) is 7.90. The van der Waals surface area contributed by atoms with Crippen molar-refractivity contribution in [2.24, 2.45) is 0 Å². The van der Waals surface area contributed by atoms with Gasteiger partial charge in [0.15, 0.2) is 0 Å². The Balaban J connectivity index is 1.82. The van der Waals surface area contributed by atoms with Crippen LogP contribution >= 0.6 is 11.6 Å². The van der Waals surface area contributed by atoms with Crippen molar-refractivity contribution in [1.82, 2.24) is 9.88 Å². The molecule has 1 aromatic carbocycles. The van der Waals surface area contributed by atoms with E-state index in [0.29, 0.717) is 24.5 Å². The van der Waals surface area contributed by atoms with Gasteiger partial charge in [-0.05, 0) is 37.6 Å². The summed E-state index contributed by atoms with van der Waals surface area (Å²) in [6.45, 7) is 2.90. The molecule has 1 atom stereocenters. The molecule has 0 unspecified atom stereocenters. The minimum absolute atomic E-state index is 0.0570. The van der Waals surface area contributed by atoms with Crippen LogP contribution in [0.5, 0.6) is 0 Å². The normalized spacial score (nSPS) is 17.2. The number of hydrogen-bond donors (Lipinski definition) is 0. The maximum atomic E-state index is 12.8. The molecule has 1 aliphatic rings. The molecule has 0 N–H and O–H groups in total. The lowest BCUT2D eigenvalue weighted by Gasteiger charge is -2.26. The van der Waals surface area contributed by atoms with E-state index >= 15 is 0 Å². The third-order valence-electron chi connectivity index (χ3n) is 4.16. The molecule has 24 heavy (non-hydrogen) atoms. The van der Waals surface area contributed by atoms with Crippen molar-refractivity contribution in [2.75, 3.05) is 18.0 Å². The molecular formula is C18H18ClN3O2. The van der Waals surface area contributed by atoms with E-state index in [2.05, 4.69) is 4.98 Å². The molecule has 2 amide bonds. The highest BCUT2D eigenvalue weighted by Crippen LogP contribution is 2.25. The second-order valence-electron chi connectivity index (χ2n) is 5.58. The first-order chi connectivity index (χ1) is 11.6. The molecule has 124 valence electrons. The van der Waals surface area contributed by atoms with Gasteiger partial charge in [0.1, 0.15) is 11.7 Å². The topological polar surface area (TPSA) is 53.5 Å². The van der Waals surface area contributed by atoms with Gasteiger partial charge in [0.05, 0.1) is 0 Å². The second-order valence-corrected chi connectivity index (χ2v) is 6.02. The summed E-state index contributed by atoms with van der Waals surface area (Å²) >= 11 is 5.94. The Hall–Kier alpha value is -2.40. The number of carbonyl (C=O) groups is 2. The third-order valence-corrected chi connectivity index (χ3v) is 4.40. The standard InChI is InChI=1S/C18H18ClN3O2/c1-2-21(17(23)15-12-13(19)8-10-20-15)16-9-11-22(18(16)24)14-6-4-3-5-7-14/h3-8,10,12,16H,2,9,11H2,1H3/t16-/m1/s1. The van der Waals surface area contributed by atoms with E-state index in [0.717, 1.165) is 5.69 Å². The predicted molar refractivity (Wildman–Crippen MR) is 93.2 cm³/mol. The Labute approximate surface area is 145 Å². The molecule has 5 nitrogen and oxygen atoms in total. The number of amides is 2. The quantitative estimate of drug-likeness (QED) is 0.857. The van der Waals surface area contributed by atoms with E-state index in [1.807, 2.05) is 37.3 Å². The van der Waals surface area contributed by atoms with Gasteiger partial charge < -0.3 is 9.80 Å². The fourth-order valence-corrected chi connectivity index (χ4v) is 3.15. The number of pyridine rings is 1. The zero-order chi connectivity index (χ0) is 17.1. The van der Waals surface area contributed by atoms with E-state index in [1.54, 1.807) is 15.9 Å². The van der Waals surface area contributed by atoms with E-state index in [1.165, 1.54) is 12.3 Å². The summed E-state index contributed by atoms with van der Waals surface area (Å²) in [7, 11) is 0. The van der Waals surface area contributed by atoms with E-state index in [-0.39, 0.29) is 17.5 Å². The summed E-state index contributed by atoms with van der Waals surface area (Å²) in [5.41, 5.74) is 1.12. The molecule has 0 saturated carbocycles. The van der Waals surface area contributed by atoms with Crippen LogP contribution in [0.25, 0.3) is 0 Å². The average molecular weight is 344 g/mol. The zero-order valence-corrected chi connectivity index (χ0v) is 14.1. The lowest BCUT2D eigenvalue weighted by molar-refractivity contribution is -0.120. The van der Waals surface area contributed by atoms with Gasteiger partial charge in [-0.25, -0.2) is 0 Å². The molecule has 2 aromatic rings. The Morgan fingerprint density at radius 2 is 2.08 bits per heavy atom. The van der Waals surface area contributed by atoms with Crippen LogP contribution in [0, 0.1) is 0 Å². The van der Waals surface area contributed by atoms with Crippen LogP contribution in [-0.2, 0) is 4.79 Å². The predicted octanol–water partition coefficient (Wildman–Crippen LogP) is 3.00. The number of para-hydroxylation sites is 1. The van der Waals surface area contributed by atoms with Crippen molar-refractivity contribution < 1.29 is 9.59 Å². The highest BCUT2D eigenvalue weighted by Gasteiger charge is 2.38. The molecule has 2 heterocycles. The average Bonchev–Trinajstić information content (AvgIpc) is 2.98. The van der Waals surface area contributed by atoms with Gasteiger partial charge in [-0.1, -0.05) is 29.8 Å². The summed E-state index contributed by atoms with van der Waals surface area (Å²) in [4.78, 5) is 32.9. The number of aromatic nitrogens is 1. The number of likely N-dealkylation sites (N-methyl/N-ethyl adjacent to an activating group) is 1. The highest BCUT2D eigenvalue weighted by molar-refractivity contribution is 6.30. The van der Waals surface area contributed by atoms with Crippen molar-refractivity contribution in [3.63, 3.8) is 0 Å². The van der Waals surface area contributed by atoms with Crippen molar-refractivity contribution in [1.29, 1.82) is 0 Å². The SMILES string of the molecule is CCN(C(=O)c1cc(Cl)ccn1)[C@@H]1CCN(c2ccccc2)C1=O. The van der Waals surface area contributed by atoms with Crippen LogP contribution in [0.15, 0.2) is 48.7 Å². The zero-order valence-electron chi connectivity index (χ0n) is 13.4. The fraction of sp³-hybridized carbons (Fsp3) is 0.278. The van der Waals surface area contributed by atoms with Crippen molar-refractivity contribution in [2.45, 2.75) is 19.4 Å². The highest BCUT2D eigenvalue weighted by atomic mass is 35.5. The molecule has 6 heteroatoms. The molecule has 1 aliphatic heterocycles. The van der Waals surface area contributed by atoms with E-state index in [4.69, 9.17) is 11.6 Å². The van der Waals surface area contributed by atoms with Crippen LogP contribution in [0.2, 0.25) is 5.02 Å². The second kappa shape index (κ2) is 7.01.